The number of nitrogens with one attached hydrogen (secondary N) is 1. The first-order valence-electron chi connectivity index (χ1n) is 7.54. The van der Waals surface area contributed by atoms with Gasteiger partial charge in [-0.1, -0.05) is 12.1 Å². The van der Waals surface area contributed by atoms with Crippen LogP contribution in [-0.4, -0.2) is 44.0 Å². The molecule has 1 aromatic carbocycles. The summed E-state index contributed by atoms with van der Waals surface area (Å²) in [6.45, 7) is 0. The second-order valence-electron chi connectivity index (χ2n) is 5.72. The van der Waals surface area contributed by atoms with Gasteiger partial charge < -0.3 is 10.1 Å². The summed E-state index contributed by atoms with van der Waals surface area (Å²) in [6.07, 6.45) is 0.636. The molecule has 1 aliphatic heterocycles. The number of sulfone groups is 1. The van der Waals surface area contributed by atoms with Crippen LogP contribution in [0.2, 0.25) is 0 Å². The van der Waals surface area contributed by atoms with Crippen LogP contribution in [0.25, 0.3) is 10.6 Å². The number of hydrogen-bond donors (Lipinski definition) is 1. The van der Waals surface area contributed by atoms with Crippen molar-refractivity contribution < 1.29 is 17.9 Å². The van der Waals surface area contributed by atoms with Crippen LogP contribution in [0.4, 0.5) is 0 Å². The van der Waals surface area contributed by atoms with E-state index < -0.39 is 9.84 Å². The number of rotatable bonds is 5. The largest absolute Gasteiger partial charge is 0.497 e. The summed E-state index contributed by atoms with van der Waals surface area (Å²) in [7, 11) is -1.38. The molecule has 2 aromatic rings. The number of aromatic nitrogens is 1. The maximum absolute atomic E-state index is 12.1. The molecular weight excluding hydrogens is 348 g/mol. The van der Waals surface area contributed by atoms with E-state index in [1.54, 1.807) is 7.11 Å². The zero-order chi connectivity index (χ0) is 17.2. The number of amides is 1. The molecule has 24 heavy (non-hydrogen) atoms. The van der Waals surface area contributed by atoms with Gasteiger partial charge in [0.25, 0.3) is 0 Å². The lowest BCUT2D eigenvalue weighted by Crippen LogP contribution is -2.36. The lowest BCUT2D eigenvalue weighted by molar-refractivity contribution is -0.121. The van der Waals surface area contributed by atoms with Gasteiger partial charge in [-0.05, 0) is 18.6 Å². The Labute approximate surface area is 144 Å². The summed E-state index contributed by atoms with van der Waals surface area (Å²) < 4.78 is 28.0. The number of carbonyl (C=O) groups is 1. The molecule has 128 valence electrons. The lowest BCUT2D eigenvalue weighted by atomic mass is 10.2. The van der Waals surface area contributed by atoms with Crippen LogP contribution in [0.1, 0.15) is 12.1 Å². The van der Waals surface area contributed by atoms with Gasteiger partial charge in [-0.25, -0.2) is 13.4 Å². The Morgan fingerprint density at radius 2 is 2.29 bits per heavy atom. The SMILES string of the molecule is COc1cccc(-c2nc(CC(=O)N[C@@H]3CCS(=O)(=O)C3)cs2)c1. The first kappa shape index (κ1) is 16.9. The minimum Gasteiger partial charge on any atom is -0.497 e. The molecule has 6 nitrogen and oxygen atoms in total. The monoisotopic (exact) mass is 366 g/mol. The minimum absolute atomic E-state index is 0.0326. The van der Waals surface area contributed by atoms with Crippen LogP contribution in [0, 0.1) is 0 Å². The van der Waals surface area contributed by atoms with Gasteiger partial charge in [-0.2, -0.15) is 0 Å². The molecule has 1 aliphatic rings. The molecule has 0 spiro atoms. The highest BCUT2D eigenvalue weighted by Gasteiger charge is 2.28. The van der Waals surface area contributed by atoms with E-state index in [4.69, 9.17) is 4.74 Å². The van der Waals surface area contributed by atoms with Crippen molar-refractivity contribution in [3.05, 3.63) is 35.3 Å². The Morgan fingerprint density at radius 3 is 3.00 bits per heavy atom. The van der Waals surface area contributed by atoms with Gasteiger partial charge in [0, 0.05) is 17.0 Å². The fourth-order valence-corrected chi connectivity index (χ4v) is 5.12. The van der Waals surface area contributed by atoms with E-state index in [0.717, 1.165) is 16.3 Å². The first-order valence-corrected chi connectivity index (χ1v) is 10.2. The van der Waals surface area contributed by atoms with Gasteiger partial charge in [0.05, 0.1) is 30.7 Å². The highest BCUT2D eigenvalue weighted by molar-refractivity contribution is 7.91. The molecule has 1 saturated heterocycles. The van der Waals surface area contributed by atoms with Crippen molar-refractivity contribution >= 4 is 27.1 Å². The Kier molecular flexibility index (Phi) is 4.86. The molecule has 1 amide bonds. The van der Waals surface area contributed by atoms with Crippen LogP contribution < -0.4 is 10.1 Å². The predicted molar refractivity (Wildman–Crippen MR) is 93.0 cm³/mol. The number of benzene rings is 1. The Balaban J connectivity index is 1.62. The molecule has 1 atom stereocenters. The number of ether oxygens (including phenoxy) is 1. The van der Waals surface area contributed by atoms with E-state index in [-0.39, 0.29) is 29.9 Å². The third-order valence-electron chi connectivity index (χ3n) is 3.81. The van der Waals surface area contributed by atoms with Gasteiger partial charge in [0.15, 0.2) is 9.84 Å². The van der Waals surface area contributed by atoms with Crippen LogP contribution in [0.5, 0.6) is 5.75 Å². The van der Waals surface area contributed by atoms with Crippen LogP contribution in [0.15, 0.2) is 29.6 Å². The standard InChI is InChI=1S/C16H18N2O4S2/c1-22-14-4-2-3-11(7-14)16-18-13(9-23-16)8-15(19)17-12-5-6-24(20,21)10-12/h2-4,7,9,12H,5-6,8,10H2,1H3,(H,17,19)/t12-/m1/s1. The third-order valence-corrected chi connectivity index (χ3v) is 6.52. The van der Waals surface area contributed by atoms with E-state index in [1.165, 1.54) is 11.3 Å². The number of nitrogens with zero attached hydrogens (tertiary/aromatic N) is 1. The summed E-state index contributed by atoms with van der Waals surface area (Å²) in [5.41, 5.74) is 1.61. The van der Waals surface area contributed by atoms with Crippen LogP contribution >= 0.6 is 11.3 Å². The molecular formula is C16H18N2O4S2. The minimum atomic E-state index is -2.99. The molecule has 1 aromatic heterocycles. The van der Waals surface area contributed by atoms with Gasteiger partial charge in [-0.3, -0.25) is 4.79 Å². The van der Waals surface area contributed by atoms with Gasteiger partial charge in [0.1, 0.15) is 10.8 Å². The second-order valence-corrected chi connectivity index (χ2v) is 8.81. The van der Waals surface area contributed by atoms with Crippen molar-refractivity contribution in [3.8, 4) is 16.3 Å². The van der Waals surface area contributed by atoms with E-state index in [2.05, 4.69) is 10.3 Å². The van der Waals surface area contributed by atoms with Crippen molar-refractivity contribution in [2.75, 3.05) is 18.6 Å². The summed E-state index contributed by atoms with van der Waals surface area (Å²) >= 11 is 1.46. The fraction of sp³-hybridized carbons (Fsp3) is 0.375. The molecule has 0 unspecified atom stereocenters. The van der Waals surface area contributed by atoms with Crippen LogP contribution in [-0.2, 0) is 21.1 Å². The Morgan fingerprint density at radius 1 is 1.46 bits per heavy atom. The zero-order valence-corrected chi connectivity index (χ0v) is 14.8. The summed E-state index contributed by atoms with van der Waals surface area (Å²) in [5, 5.41) is 5.44. The fourth-order valence-electron chi connectivity index (χ4n) is 2.63. The normalized spacial score (nSPS) is 19.1. The molecule has 1 N–H and O–H groups in total. The second kappa shape index (κ2) is 6.90. The lowest BCUT2D eigenvalue weighted by Gasteiger charge is -2.09. The first-order chi connectivity index (χ1) is 11.4. The quantitative estimate of drug-likeness (QED) is 0.870. The molecule has 8 heteroatoms. The van der Waals surface area contributed by atoms with Crippen LogP contribution in [0.3, 0.4) is 0 Å². The Hall–Kier alpha value is -1.93. The summed E-state index contributed by atoms with van der Waals surface area (Å²) in [4.78, 5) is 16.5. The van der Waals surface area contributed by atoms with Gasteiger partial charge in [0.2, 0.25) is 5.91 Å². The molecule has 0 aliphatic carbocycles. The Bertz CT molecular complexity index is 845. The average Bonchev–Trinajstić information content (AvgIpc) is 3.13. The third kappa shape index (κ3) is 4.12. The summed E-state index contributed by atoms with van der Waals surface area (Å²) in [6, 6.07) is 7.31. The number of thiazole rings is 1. The zero-order valence-electron chi connectivity index (χ0n) is 13.2. The van der Waals surface area contributed by atoms with Crippen molar-refractivity contribution in [1.82, 2.24) is 10.3 Å². The maximum Gasteiger partial charge on any atom is 0.226 e. The van der Waals surface area contributed by atoms with E-state index in [0.29, 0.717) is 12.1 Å². The highest BCUT2D eigenvalue weighted by atomic mass is 32.2. The number of carbonyl (C=O) groups excluding carboxylic acids is 1. The molecule has 1 fully saturated rings. The highest BCUT2D eigenvalue weighted by Crippen LogP contribution is 2.27. The molecule has 0 saturated carbocycles. The van der Waals surface area contributed by atoms with Crippen molar-refractivity contribution in [1.29, 1.82) is 0 Å². The average molecular weight is 366 g/mol. The molecule has 2 heterocycles. The number of hydrogen-bond acceptors (Lipinski definition) is 6. The molecule has 0 bridgehead atoms. The van der Waals surface area contributed by atoms with Crippen molar-refractivity contribution in [3.63, 3.8) is 0 Å². The molecule has 3 rings (SSSR count). The number of methoxy groups -OCH3 is 1. The smallest absolute Gasteiger partial charge is 0.226 e. The van der Waals surface area contributed by atoms with E-state index in [9.17, 15) is 13.2 Å². The van der Waals surface area contributed by atoms with Gasteiger partial charge in [-0.15, -0.1) is 11.3 Å². The van der Waals surface area contributed by atoms with E-state index >= 15 is 0 Å². The maximum atomic E-state index is 12.1. The summed E-state index contributed by atoms with van der Waals surface area (Å²) in [5.74, 6) is 0.739. The topological polar surface area (TPSA) is 85.4 Å². The van der Waals surface area contributed by atoms with Gasteiger partial charge >= 0.3 is 0 Å². The van der Waals surface area contributed by atoms with E-state index in [1.807, 2.05) is 29.6 Å². The van der Waals surface area contributed by atoms with Crippen molar-refractivity contribution in [2.45, 2.75) is 18.9 Å². The van der Waals surface area contributed by atoms with Crippen molar-refractivity contribution in [2.24, 2.45) is 0 Å². The molecule has 0 radical (unpaired) electrons. The predicted octanol–water partition coefficient (Wildman–Crippen LogP) is 1.66.